The lowest BCUT2D eigenvalue weighted by Gasteiger charge is -2.14. The molecule has 3 rings (SSSR count). The molecule has 0 aliphatic rings. The molecule has 1 heterocycles. The minimum Gasteiger partial charge on any atom is -0.497 e. The van der Waals surface area contributed by atoms with E-state index in [1.54, 1.807) is 39.3 Å². The second-order valence-corrected chi connectivity index (χ2v) is 7.63. The number of aryl methyl sites for hydroxylation is 1. The molecule has 0 aliphatic carbocycles. The molecule has 1 aromatic heterocycles. The van der Waals surface area contributed by atoms with Crippen molar-refractivity contribution >= 4 is 17.6 Å². The van der Waals surface area contributed by atoms with Crippen LogP contribution in [0.5, 0.6) is 11.5 Å². The summed E-state index contributed by atoms with van der Waals surface area (Å²) >= 11 is 0. The van der Waals surface area contributed by atoms with E-state index >= 15 is 0 Å². The Balaban J connectivity index is 1.84. The van der Waals surface area contributed by atoms with Crippen molar-refractivity contribution in [3.05, 3.63) is 65.4 Å². The maximum absolute atomic E-state index is 12.8. The third kappa shape index (κ3) is 5.55. The number of nitrogens with one attached hydrogen (secondary N) is 1. The predicted molar refractivity (Wildman–Crippen MR) is 128 cm³/mol. The molecule has 0 spiro atoms. The van der Waals surface area contributed by atoms with Gasteiger partial charge in [0.2, 0.25) is 5.91 Å². The van der Waals surface area contributed by atoms with Gasteiger partial charge in [0, 0.05) is 30.4 Å². The molecule has 1 N–H and O–H groups in total. The fourth-order valence-corrected chi connectivity index (χ4v) is 3.64. The molecule has 0 atom stereocenters. The number of ether oxygens (including phenoxy) is 3. The maximum Gasteiger partial charge on any atom is 0.339 e. The van der Waals surface area contributed by atoms with E-state index in [4.69, 9.17) is 14.2 Å². The van der Waals surface area contributed by atoms with Crippen molar-refractivity contribution in [2.24, 2.45) is 0 Å². The summed E-state index contributed by atoms with van der Waals surface area (Å²) in [5.41, 5.74) is 4.82. The summed E-state index contributed by atoms with van der Waals surface area (Å²) < 4.78 is 17.8. The van der Waals surface area contributed by atoms with Gasteiger partial charge in [0.1, 0.15) is 11.5 Å². The van der Waals surface area contributed by atoms with Gasteiger partial charge in [0.05, 0.1) is 32.1 Å². The number of carbonyl (C=O) groups is 2. The smallest absolute Gasteiger partial charge is 0.339 e. The molecule has 3 aromatic rings. The quantitative estimate of drug-likeness (QED) is 0.465. The Morgan fingerprint density at radius 1 is 0.970 bits per heavy atom. The molecule has 0 aliphatic heterocycles. The van der Waals surface area contributed by atoms with Gasteiger partial charge in [-0.15, -0.1) is 0 Å². The molecule has 0 bridgehead atoms. The van der Waals surface area contributed by atoms with Crippen LogP contribution in [0, 0.1) is 13.8 Å². The number of benzene rings is 2. The molecular weight excluding hydrogens is 420 g/mol. The lowest BCUT2D eigenvalue weighted by molar-refractivity contribution is -0.116. The number of methoxy groups -OCH3 is 2. The summed E-state index contributed by atoms with van der Waals surface area (Å²) in [5.74, 6) is 0.625. The van der Waals surface area contributed by atoms with Crippen molar-refractivity contribution in [3.63, 3.8) is 0 Å². The second kappa shape index (κ2) is 10.7. The van der Waals surface area contributed by atoms with E-state index in [-0.39, 0.29) is 18.3 Å². The minimum atomic E-state index is -0.366. The number of nitrogens with zero attached hydrogens (tertiary/aromatic N) is 1. The molecule has 0 radical (unpaired) electrons. The van der Waals surface area contributed by atoms with Crippen LogP contribution >= 0.6 is 0 Å². The zero-order valence-corrected chi connectivity index (χ0v) is 19.7. The standard InChI is InChI=1S/C26H30N2O5/c1-6-33-26(30)21-16-23(19-9-7-17(2)8-10-19)28(18(21)3)14-13-25(29)27-22-12-11-20(31-4)15-24(22)32-5/h7-12,15-16H,6,13-14H2,1-5H3,(H,27,29). The lowest BCUT2D eigenvalue weighted by Crippen LogP contribution is -2.16. The number of hydrogen-bond donors (Lipinski definition) is 1. The van der Waals surface area contributed by atoms with Gasteiger partial charge in [0.25, 0.3) is 0 Å². The van der Waals surface area contributed by atoms with Crippen molar-refractivity contribution in [1.29, 1.82) is 0 Å². The number of hydrogen-bond acceptors (Lipinski definition) is 5. The van der Waals surface area contributed by atoms with Gasteiger partial charge in [-0.05, 0) is 44.5 Å². The van der Waals surface area contributed by atoms with Gasteiger partial charge in [-0.25, -0.2) is 4.79 Å². The highest BCUT2D eigenvalue weighted by Crippen LogP contribution is 2.30. The van der Waals surface area contributed by atoms with Crippen LogP contribution in [0.4, 0.5) is 5.69 Å². The number of aromatic nitrogens is 1. The largest absolute Gasteiger partial charge is 0.497 e. The fraction of sp³-hybridized carbons (Fsp3) is 0.308. The molecule has 1 amide bonds. The Labute approximate surface area is 194 Å². The van der Waals surface area contributed by atoms with Crippen LogP contribution in [0.1, 0.15) is 35.0 Å². The van der Waals surface area contributed by atoms with E-state index in [1.807, 2.05) is 48.7 Å². The van der Waals surface area contributed by atoms with Gasteiger partial charge in [0.15, 0.2) is 0 Å². The molecular formula is C26H30N2O5. The number of anilines is 1. The molecule has 2 aromatic carbocycles. The van der Waals surface area contributed by atoms with Gasteiger partial charge in [-0.3, -0.25) is 4.79 Å². The Morgan fingerprint density at radius 3 is 2.33 bits per heavy atom. The first-order valence-corrected chi connectivity index (χ1v) is 10.8. The number of esters is 1. The highest BCUT2D eigenvalue weighted by atomic mass is 16.5. The molecule has 0 unspecified atom stereocenters. The molecule has 174 valence electrons. The Morgan fingerprint density at radius 2 is 1.70 bits per heavy atom. The Bertz CT molecular complexity index is 1130. The normalized spacial score (nSPS) is 10.6. The lowest BCUT2D eigenvalue weighted by atomic mass is 10.1. The van der Waals surface area contributed by atoms with Crippen LogP contribution in [0.2, 0.25) is 0 Å². The van der Waals surface area contributed by atoms with E-state index in [2.05, 4.69) is 5.32 Å². The number of carbonyl (C=O) groups excluding carboxylic acids is 2. The summed E-state index contributed by atoms with van der Waals surface area (Å²) in [6.07, 6.45) is 0.214. The summed E-state index contributed by atoms with van der Waals surface area (Å²) in [5, 5.41) is 2.89. The van der Waals surface area contributed by atoms with Crippen molar-refractivity contribution in [2.45, 2.75) is 33.7 Å². The van der Waals surface area contributed by atoms with E-state index in [9.17, 15) is 9.59 Å². The second-order valence-electron chi connectivity index (χ2n) is 7.63. The zero-order chi connectivity index (χ0) is 24.0. The van der Waals surface area contributed by atoms with Gasteiger partial charge in [-0.2, -0.15) is 0 Å². The number of rotatable bonds is 9. The number of amides is 1. The topological polar surface area (TPSA) is 78.8 Å². The van der Waals surface area contributed by atoms with Crippen LogP contribution in [-0.2, 0) is 16.1 Å². The van der Waals surface area contributed by atoms with Gasteiger partial charge < -0.3 is 24.1 Å². The molecule has 0 saturated heterocycles. The van der Waals surface area contributed by atoms with Crippen molar-refractivity contribution in [1.82, 2.24) is 4.57 Å². The van der Waals surface area contributed by atoms with E-state index in [1.165, 1.54) is 0 Å². The molecule has 7 heteroatoms. The van der Waals surface area contributed by atoms with E-state index in [0.717, 1.165) is 22.5 Å². The first kappa shape index (κ1) is 23.9. The molecule has 0 saturated carbocycles. The fourth-order valence-electron chi connectivity index (χ4n) is 3.64. The third-order valence-electron chi connectivity index (χ3n) is 5.45. The average molecular weight is 451 g/mol. The minimum absolute atomic E-state index is 0.167. The maximum atomic E-state index is 12.8. The molecule has 0 fully saturated rings. The first-order chi connectivity index (χ1) is 15.9. The SMILES string of the molecule is CCOC(=O)c1cc(-c2ccc(C)cc2)n(CCC(=O)Nc2ccc(OC)cc2OC)c1C. The van der Waals surface area contributed by atoms with Crippen LogP contribution in [0.3, 0.4) is 0 Å². The van der Waals surface area contributed by atoms with E-state index in [0.29, 0.717) is 35.9 Å². The average Bonchev–Trinajstić information content (AvgIpc) is 3.14. The van der Waals surface area contributed by atoms with Gasteiger partial charge in [-0.1, -0.05) is 29.8 Å². The summed E-state index contributed by atoms with van der Waals surface area (Å²) in [6.45, 7) is 6.38. The molecule has 7 nitrogen and oxygen atoms in total. The third-order valence-corrected chi connectivity index (χ3v) is 5.45. The molecule has 33 heavy (non-hydrogen) atoms. The highest BCUT2D eigenvalue weighted by molar-refractivity contribution is 5.94. The van der Waals surface area contributed by atoms with Crippen molar-refractivity contribution < 1.29 is 23.8 Å². The summed E-state index contributed by atoms with van der Waals surface area (Å²) in [6, 6.07) is 15.1. The summed E-state index contributed by atoms with van der Waals surface area (Å²) in [4.78, 5) is 25.2. The Kier molecular flexibility index (Phi) is 7.77. The Hall–Kier alpha value is -3.74. The van der Waals surface area contributed by atoms with Crippen molar-refractivity contribution in [3.8, 4) is 22.8 Å². The van der Waals surface area contributed by atoms with Crippen LogP contribution in [0.25, 0.3) is 11.3 Å². The van der Waals surface area contributed by atoms with Crippen molar-refractivity contribution in [2.75, 3.05) is 26.1 Å². The monoisotopic (exact) mass is 450 g/mol. The summed E-state index contributed by atoms with van der Waals surface area (Å²) in [7, 11) is 3.11. The predicted octanol–water partition coefficient (Wildman–Crippen LogP) is 4.99. The van der Waals surface area contributed by atoms with Crippen LogP contribution < -0.4 is 14.8 Å². The van der Waals surface area contributed by atoms with Crippen LogP contribution in [-0.4, -0.2) is 37.3 Å². The zero-order valence-electron chi connectivity index (χ0n) is 19.7. The van der Waals surface area contributed by atoms with Crippen LogP contribution in [0.15, 0.2) is 48.5 Å². The first-order valence-electron chi connectivity index (χ1n) is 10.8. The highest BCUT2D eigenvalue weighted by Gasteiger charge is 2.20. The van der Waals surface area contributed by atoms with Gasteiger partial charge >= 0.3 is 5.97 Å². The van der Waals surface area contributed by atoms with E-state index < -0.39 is 0 Å².